The molecule has 1 aliphatic heterocycles. The van der Waals surface area contributed by atoms with E-state index in [0.29, 0.717) is 11.8 Å². The van der Waals surface area contributed by atoms with E-state index < -0.39 is 29.0 Å². The Labute approximate surface area is 138 Å². The minimum Gasteiger partial charge on any atom is -0.457 e. The van der Waals surface area contributed by atoms with Gasteiger partial charge in [-0.25, -0.2) is 17.6 Å². The lowest BCUT2D eigenvalue weighted by Gasteiger charge is -2.14. The molecular formula is C16H8F4N2OS. The summed E-state index contributed by atoms with van der Waals surface area (Å²) in [5.74, 6) is -1.20. The SMILES string of the molecule is N#Cc1cc(F)cc(Oc2ccc3c(c2C(F)F)C(=N)C(F)S3)c1. The third kappa shape index (κ3) is 2.83. The van der Waals surface area contributed by atoms with Crippen LogP contribution in [0.1, 0.15) is 23.1 Å². The van der Waals surface area contributed by atoms with Gasteiger partial charge in [0.2, 0.25) is 0 Å². The van der Waals surface area contributed by atoms with Gasteiger partial charge in [0.1, 0.15) is 17.3 Å². The average molecular weight is 352 g/mol. The number of thioether (sulfide) groups is 1. The average Bonchev–Trinajstić information content (AvgIpc) is 2.81. The van der Waals surface area contributed by atoms with E-state index in [4.69, 9.17) is 15.4 Å². The lowest BCUT2D eigenvalue weighted by Crippen LogP contribution is -2.09. The van der Waals surface area contributed by atoms with E-state index in [-0.39, 0.29) is 27.5 Å². The van der Waals surface area contributed by atoms with Crippen molar-refractivity contribution < 1.29 is 22.3 Å². The number of hydrogen-bond acceptors (Lipinski definition) is 4. The number of rotatable bonds is 3. The van der Waals surface area contributed by atoms with Gasteiger partial charge in [-0.05, 0) is 24.3 Å². The largest absolute Gasteiger partial charge is 0.457 e. The number of alkyl halides is 3. The van der Waals surface area contributed by atoms with Gasteiger partial charge in [-0.2, -0.15) is 5.26 Å². The maximum absolute atomic E-state index is 13.6. The van der Waals surface area contributed by atoms with Crippen LogP contribution in [0.2, 0.25) is 0 Å². The summed E-state index contributed by atoms with van der Waals surface area (Å²) in [7, 11) is 0. The Balaban J connectivity index is 2.09. The topological polar surface area (TPSA) is 56.9 Å². The van der Waals surface area contributed by atoms with Crippen LogP contribution in [0.3, 0.4) is 0 Å². The molecule has 0 radical (unpaired) electrons. The number of halogens is 4. The fourth-order valence-corrected chi connectivity index (χ4v) is 3.30. The summed E-state index contributed by atoms with van der Waals surface area (Å²) in [6, 6.07) is 7.44. The zero-order valence-electron chi connectivity index (χ0n) is 11.8. The highest BCUT2D eigenvalue weighted by Gasteiger charge is 2.35. The van der Waals surface area contributed by atoms with Crippen molar-refractivity contribution in [3.05, 3.63) is 52.8 Å². The van der Waals surface area contributed by atoms with Crippen molar-refractivity contribution in [1.29, 1.82) is 10.7 Å². The molecule has 2 aromatic carbocycles. The molecule has 122 valence electrons. The van der Waals surface area contributed by atoms with Crippen molar-refractivity contribution in [1.82, 2.24) is 0 Å². The molecule has 24 heavy (non-hydrogen) atoms. The van der Waals surface area contributed by atoms with Crippen LogP contribution in [0.25, 0.3) is 0 Å². The van der Waals surface area contributed by atoms with Crippen molar-refractivity contribution >= 4 is 17.5 Å². The first-order valence-electron chi connectivity index (χ1n) is 6.64. The Bertz CT molecular complexity index is 879. The Morgan fingerprint density at radius 3 is 2.67 bits per heavy atom. The molecule has 1 atom stereocenters. The van der Waals surface area contributed by atoms with Crippen LogP contribution >= 0.6 is 11.8 Å². The van der Waals surface area contributed by atoms with Crippen molar-refractivity contribution in [3.63, 3.8) is 0 Å². The number of fused-ring (bicyclic) bond motifs is 1. The van der Waals surface area contributed by atoms with Crippen LogP contribution in [-0.2, 0) is 0 Å². The molecule has 0 aromatic heterocycles. The van der Waals surface area contributed by atoms with Gasteiger partial charge in [-0.3, -0.25) is 0 Å². The van der Waals surface area contributed by atoms with Crippen molar-refractivity contribution in [2.45, 2.75) is 16.8 Å². The van der Waals surface area contributed by atoms with Gasteiger partial charge in [0.25, 0.3) is 6.43 Å². The summed E-state index contributed by atoms with van der Waals surface area (Å²) < 4.78 is 59.3. The Hall–Kier alpha value is -2.53. The van der Waals surface area contributed by atoms with Gasteiger partial charge in [0.05, 0.1) is 22.9 Å². The maximum Gasteiger partial charge on any atom is 0.268 e. The predicted molar refractivity (Wildman–Crippen MR) is 80.2 cm³/mol. The highest BCUT2D eigenvalue weighted by atomic mass is 32.2. The molecule has 0 saturated heterocycles. The van der Waals surface area contributed by atoms with Crippen molar-refractivity contribution in [3.8, 4) is 17.6 Å². The molecule has 3 nitrogen and oxygen atoms in total. The maximum atomic E-state index is 13.6. The Morgan fingerprint density at radius 2 is 2.00 bits per heavy atom. The second kappa shape index (κ2) is 6.17. The Morgan fingerprint density at radius 1 is 1.25 bits per heavy atom. The fourth-order valence-electron chi connectivity index (χ4n) is 2.36. The summed E-state index contributed by atoms with van der Waals surface area (Å²) in [6.45, 7) is 0. The quantitative estimate of drug-likeness (QED) is 0.773. The molecule has 0 spiro atoms. The lowest BCUT2D eigenvalue weighted by molar-refractivity contribution is 0.147. The number of hydrogen-bond donors (Lipinski definition) is 1. The molecule has 1 unspecified atom stereocenters. The minimum absolute atomic E-state index is 0.0307. The van der Waals surface area contributed by atoms with Crippen LogP contribution < -0.4 is 4.74 Å². The molecule has 3 rings (SSSR count). The summed E-state index contributed by atoms with van der Waals surface area (Å²) in [4.78, 5) is 0.229. The van der Waals surface area contributed by atoms with Crippen molar-refractivity contribution in [2.75, 3.05) is 0 Å². The molecule has 0 amide bonds. The second-order valence-electron chi connectivity index (χ2n) is 4.89. The lowest BCUT2D eigenvalue weighted by atomic mass is 10.0. The van der Waals surface area contributed by atoms with Gasteiger partial charge >= 0.3 is 0 Å². The third-order valence-electron chi connectivity index (χ3n) is 3.34. The molecule has 0 saturated carbocycles. The molecule has 0 bridgehead atoms. The van der Waals surface area contributed by atoms with Gasteiger partial charge in [0.15, 0.2) is 5.50 Å². The highest BCUT2D eigenvalue weighted by molar-refractivity contribution is 8.01. The number of ether oxygens (including phenoxy) is 1. The molecule has 8 heteroatoms. The standard InChI is InChI=1S/C16H8F4N2OS/c17-8-3-7(6-21)4-9(5-8)23-10-1-2-11-13(12(10)15(18)19)14(22)16(20)24-11/h1-5,15-16,22H. The highest BCUT2D eigenvalue weighted by Crippen LogP contribution is 2.46. The van der Waals surface area contributed by atoms with Gasteiger partial charge in [-0.15, -0.1) is 0 Å². The normalized spacial score (nSPS) is 16.2. The number of nitrogens with zero attached hydrogens (tertiary/aromatic N) is 1. The van der Waals surface area contributed by atoms with Crippen LogP contribution in [0.4, 0.5) is 17.6 Å². The first-order chi connectivity index (χ1) is 11.4. The molecule has 1 N–H and O–H groups in total. The third-order valence-corrected chi connectivity index (χ3v) is 4.38. The first-order valence-corrected chi connectivity index (χ1v) is 7.52. The Kier molecular flexibility index (Phi) is 4.20. The second-order valence-corrected chi connectivity index (χ2v) is 5.98. The van der Waals surface area contributed by atoms with Crippen LogP contribution in [-0.4, -0.2) is 11.2 Å². The molecule has 0 fully saturated rings. The predicted octanol–water partition coefficient (Wildman–Crippen LogP) is 5.20. The summed E-state index contributed by atoms with van der Waals surface area (Å²) in [6.07, 6.45) is -3.01. The van der Waals surface area contributed by atoms with E-state index in [1.807, 2.05) is 0 Å². The number of nitrogens with one attached hydrogen (secondary N) is 1. The van der Waals surface area contributed by atoms with Gasteiger partial charge in [-0.1, -0.05) is 11.8 Å². The smallest absolute Gasteiger partial charge is 0.268 e. The summed E-state index contributed by atoms with van der Waals surface area (Å²) in [5.41, 5.74) is -3.11. The van der Waals surface area contributed by atoms with Crippen LogP contribution in [0.15, 0.2) is 35.2 Å². The molecule has 1 aliphatic rings. The van der Waals surface area contributed by atoms with E-state index in [1.54, 1.807) is 6.07 Å². The minimum atomic E-state index is -3.01. The molecule has 1 heterocycles. The number of nitriles is 1. The van der Waals surface area contributed by atoms with Crippen molar-refractivity contribution in [2.24, 2.45) is 0 Å². The molecular weight excluding hydrogens is 344 g/mol. The van der Waals surface area contributed by atoms with Crippen LogP contribution in [0.5, 0.6) is 11.5 Å². The van der Waals surface area contributed by atoms with Gasteiger partial charge < -0.3 is 10.1 Å². The number of benzene rings is 2. The first kappa shape index (κ1) is 16.3. The zero-order valence-corrected chi connectivity index (χ0v) is 12.6. The monoisotopic (exact) mass is 352 g/mol. The summed E-state index contributed by atoms with van der Waals surface area (Å²) >= 11 is 0.671. The van der Waals surface area contributed by atoms with E-state index in [9.17, 15) is 17.6 Å². The van der Waals surface area contributed by atoms with Crippen LogP contribution in [0, 0.1) is 22.6 Å². The zero-order chi connectivity index (χ0) is 17.4. The van der Waals surface area contributed by atoms with E-state index in [1.165, 1.54) is 18.2 Å². The summed E-state index contributed by atoms with van der Waals surface area (Å²) in [5, 5.41) is 16.5. The molecule has 0 aliphatic carbocycles. The van der Waals surface area contributed by atoms with E-state index >= 15 is 0 Å². The van der Waals surface area contributed by atoms with E-state index in [2.05, 4.69) is 0 Å². The van der Waals surface area contributed by atoms with Gasteiger partial charge in [0, 0.05) is 16.5 Å². The fraction of sp³-hybridized carbons (Fsp3) is 0.125. The molecule has 2 aromatic rings. The van der Waals surface area contributed by atoms with E-state index in [0.717, 1.165) is 12.1 Å².